The van der Waals surface area contributed by atoms with Crippen LogP contribution in [0.1, 0.15) is 11.4 Å². The first-order chi connectivity index (χ1) is 12.0. The highest BCUT2D eigenvalue weighted by molar-refractivity contribution is 5.92. The number of amides is 1. The fourth-order valence-corrected chi connectivity index (χ4v) is 2.24. The molecule has 0 atom stereocenters. The molecule has 9 heteroatoms. The number of hydrogen-bond acceptors (Lipinski definition) is 7. The van der Waals surface area contributed by atoms with Crippen molar-refractivity contribution < 1.29 is 18.8 Å². The maximum Gasteiger partial charge on any atom is 0.312 e. The molecule has 1 aromatic carbocycles. The Morgan fingerprint density at radius 3 is 2.76 bits per heavy atom. The molecule has 2 heterocycles. The SMILES string of the molecule is Cc1cc(NC(=O)COC(=O)Cc2n[nH]c(=O)c3ccccc23)on1. The number of ether oxygens (including phenoxy) is 1. The lowest BCUT2D eigenvalue weighted by molar-refractivity contribution is -0.146. The van der Waals surface area contributed by atoms with E-state index in [-0.39, 0.29) is 17.9 Å². The molecule has 2 aromatic heterocycles. The van der Waals surface area contributed by atoms with Crippen molar-refractivity contribution in [3.8, 4) is 0 Å². The summed E-state index contributed by atoms with van der Waals surface area (Å²) >= 11 is 0. The minimum absolute atomic E-state index is 0.173. The quantitative estimate of drug-likeness (QED) is 0.661. The lowest BCUT2D eigenvalue weighted by Gasteiger charge is -2.06. The smallest absolute Gasteiger partial charge is 0.312 e. The predicted molar refractivity (Wildman–Crippen MR) is 86.9 cm³/mol. The topological polar surface area (TPSA) is 127 Å². The zero-order chi connectivity index (χ0) is 17.8. The summed E-state index contributed by atoms with van der Waals surface area (Å²) in [4.78, 5) is 35.3. The second kappa shape index (κ2) is 6.95. The van der Waals surface area contributed by atoms with Crippen LogP contribution in [0.3, 0.4) is 0 Å². The second-order valence-corrected chi connectivity index (χ2v) is 5.26. The van der Waals surface area contributed by atoms with Crippen LogP contribution in [-0.2, 0) is 20.7 Å². The van der Waals surface area contributed by atoms with Crippen molar-refractivity contribution in [3.05, 3.63) is 52.1 Å². The number of fused-ring (bicyclic) bond motifs is 1. The molecule has 0 aliphatic heterocycles. The lowest BCUT2D eigenvalue weighted by Crippen LogP contribution is -2.22. The Morgan fingerprint density at radius 1 is 1.28 bits per heavy atom. The van der Waals surface area contributed by atoms with Crippen molar-refractivity contribution in [1.82, 2.24) is 15.4 Å². The van der Waals surface area contributed by atoms with Gasteiger partial charge in [-0.15, -0.1) is 0 Å². The Kier molecular flexibility index (Phi) is 4.55. The summed E-state index contributed by atoms with van der Waals surface area (Å²) < 4.78 is 9.75. The number of anilines is 1. The molecular weight excluding hydrogens is 328 g/mol. The number of carbonyl (C=O) groups is 2. The van der Waals surface area contributed by atoms with Gasteiger partial charge in [0.05, 0.1) is 23.2 Å². The van der Waals surface area contributed by atoms with Crippen LogP contribution < -0.4 is 10.9 Å². The van der Waals surface area contributed by atoms with Gasteiger partial charge in [-0.3, -0.25) is 19.7 Å². The molecule has 9 nitrogen and oxygen atoms in total. The van der Waals surface area contributed by atoms with Gasteiger partial charge < -0.3 is 9.26 Å². The molecule has 25 heavy (non-hydrogen) atoms. The summed E-state index contributed by atoms with van der Waals surface area (Å²) in [6.45, 7) is 1.24. The minimum atomic E-state index is -0.645. The maximum absolute atomic E-state index is 11.9. The molecule has 0 saturated heterocycles. The van der Waals surface area contributed by atoms with Gasteiger partial charge in [-0.2, -0.15) is 5.10 Å². The van der Waals surface area contributed by atoms with Crippen LogP contribution in [0.5, 0.6) is 0 Å². The number of nitrogens with zero attached hydrogens (tertiary/aromatic N) is 2. The largest absolute Gasteiger partial charge is 0.455 e. The summed E-state index contributed by atoms with van der Waals surface area (Å²) in [7, 11) is 0. The Hall–Kier alpha value is -3.49. The molecule has 0 radical (unpaired) electrons. The second-order valence-electron chi connectivity index (χ2n) is 5.26. The van der Waals surface area contributed by atoms with Gasteiger partial charge in [-0.05, 0) is 13.0 Å². The van der Waals surface area contributed by atoms with Crippen molar-refractivity contribution >= 4 is 28.5 Å². The summed E-state index contributed by atoms with van der Waals surface area (Å²) in [6.07, 6.45) is -0.175. The molecule has 0 aliphatic carbocycles. The number of hydrogen-bond donors (Lipinski definition) is 2. The molecule has 3 aromatic rings. The minimum Gasteiger partial charge on any atom is -0.455 e. The van der Waals surface area contributed by atoms with Crippen molar-refractivity contribution in [2.24, 2.45) is 0 Å². The summed E-state index contributed by atoms with van der Waals surface area (Å²) in [5.41, 5.74) is 0.643. The molecule has 0 saturated carbocycles. The van der Waals surface area contributed by atoms with Crippen LogP contribution >= 0.6 is 0 Å². The molecule has 0 aliphatic rings. The van der Waals surface area contributed by atoms with Crippen molar-refractivity contribution in [1.29, 1.82) is 0 Å². The molecule has 0 bridgehead atoms. The van der Waals surface area contributed by atoms with Crippen LogP contribution in [0.2, 0.25) is 0 Å². The molecule has 1 amide bonds. The molecule has 0 fully saturated rings. The number of aromatic amines is 1. The van der Waals surface area contributed by atoms with Gasteiger partial charge in [0.2, 0.25) is 5.88 Å². The standard InChI is InChI=1S/C16H14N4O5/c1-9-6-14(25-20-9)17-13(21)8-24-15(22)7-12-10-4-2-3-5-11(10)16(23)19-18-12/h2-6H,7-8H2,1H3,(H,17,21)(H,19,23). The van der Waals surface area contributed by atoms with Crippen LogP contribution in [0.15, 0.2) is 39.6 Å². The van der Waals surface area contributed by atoms with E-state index in [9.17, 15) is 14.4 Å². The van der Waals surface area contributed by atoms with Crippen molar-refractivity contribution in [3.63, 3.8) is 0 Å². The third kappa shape index (κ3) is 3.89. The van der Waals surface area contributed by atoms with E-state index in [1.165, 1.54) is 6.07 Å². The first-order valence-corrected chi connectivity index (χ1v) is 7.38. The maximum atomic E-state index is 11.9. The van der Waals surface area contributed by atoms with Gasteiger partial charge in [0, 0.05) is 11.5 Å². The molecule has 128 valence electrons. The third-order valence-electron chi connectivity index (χ3n) is 3.34. The van der Waals surface area contributed by atoms with E-state index in [0.717, 1.165) is 0 Å². The van der Waals surface area contributed by atoms with E-state index in [1.807, 2.05) is 0 Å². The van der Waals surface area contributed by atoms with E-state index in [4.69, 9.17) is 9.26 Å². The lowest BCUT2D eigenvalue weighted by atomic mass is 10.1. The highest BCUT2D eigenvalue weighted by atomic mass is 16.5. The fraction of sp³-hybridized carbons (Fsp3) is 0.188. The number of nitrogens with one attached hydrogen (secondary N) is 2. The first-order valence-electron chi connectivity index (χ1n) is 7.38. The zero-order valence-corrected chi connectivity index (χ0v) is 13.2. The van der Waals surface area contributed by atoms with Crippen molar-refractivity contribution in [2.45, 2.75) is 13.3 Å². The number of aromatic nitrogens is 3. The normalized spacial score (nSPS) is 10.6. The number of benzene rings is 1. The molecule has 0 unspecified atom stereocenters. The summed E-state index contributed by atoms with van der Waals surface area (Å²) in [6, 6.07) is 8.33. The van der Waals surface area contributed by atoms with Gasteiger partial charge in [0.1, 0.15) is 0 Å². The van der Waals surface area contributed by atoms with E-state index >= 15 is 0 Å². The van der Waals surface area contributed by atoms with Crippen LogP contribution in [0, 0.1) is 6.92 Å². The number of carbonyl (C=O) groups excluding carboxylic acids is 2. The Morgan fingerprint density at radius 2 is 2.04 bits per heavy atom. The summed E-state index contributed by atoms with van der Waals surface area (Å²) in [5.74, 6) is -1.02. The molecule has 3 rings (SSSR count). The number of aryl methyl sites for hydroxylation is 1. The molecule has 2 N–H and O–H groups in total. The Balaban J connectivity index is 1.60. The Labute approximate surface area is 141 Å². The average molecular weight is 342 g/mol. The van der Waals surface area contributed by atoms with Gasteiger partial charge >= 0.3 is 5.97 Å². The number of H-pyrrole nitrogens is 1. The average Bonchev–Trinajstić information content (AvgIpc) is 3.01. The fourth-order valence-electron chi connectivity index (χ4n) is 2.24. The van der Waals surface area contributed by atoms with Crippen LogP contribution in [-0.4, -0.2) is 33.8 Å². The van der Waals surface area contributed by atoms with E-state index < -0.39 is 18.5 Å². The van der Waals surface area contributed by atoms with Gasteiger partial charge in [0.25, 0.3) is 11.5 Å². The highest BCUT2D eigenvalue weighted by Crippen LogP contribution is 2.13. The van der Waals surface area contributed by atoms with Gasteiger partial charge in [-0.25, -0.2) is 5.10 Å². The monoisotopic (exact) mass is 342 g/mol. The first kappa shape index (κ1) is 16.4. The number of esters is 1. The van der Waals surface area contributed by atoms with Crippen molar-refractivity contribution in [2.75, 3.05) is 11.9 Å². The predicted octanol–water partition coefficient (Wildman–Crippen LogP) is 0.944. The van der Waals surface area contributed by atoms with Crippen LogP contribution in [0.4, 0.5) is 5.88 Å². The molecule has 0 spiro atoms. The van der Waals surface area contributed by atoms with E-state index in [2.05, 4.69) is 20.7 Å². The van der Waals surface area contributed by atoms with E-state index in [1.54, 1.807) is 31.2 Å². The number of rotatable bonds is 5. The van der Waals surface area contributed by atoms with Crippen LogP contribution in [0.25, 0.3) is 10.8 Å². The summed E-state index contributed by atoms with van der Waals surface area (Å²) in [5, 5.41) is 13.2. The molecular formula is C16H14N4O5. The van der Waals surface area contributed by atoms with Gasteiger partial charge in [-0.1, -0.05) is 23.4 Å². The highest BCUT2D eigenvalue weighted by Gasteiger charge is 2.14. The van der Waals surface area contributed by atoms with E-state index in [0.29, 0.717) is 22.2 Å². The third-order valence-corrected chi connectivity index (χ3v) is 3.34. The zero-order valence-electron chi connectivity index (χ0n) is 13.2. The van der Waals surface area contributed by atoms with Gasteiger partial charge in [0.15, 0.2) is 6.61 Å². The Bertz CT molecular complexity index is 991.